The number of carbonyl (C=O) groups excluding carboxylic acids is 1. The molecule has 3 aromatic carbocycles. The SMILES string of the molecule is COc1ccc([C@H]2Sc3cc(Oc4ccc(F)cc4)ccc3N(CCN(C)C)C(=O)[C@H]2O)cc1. The van der Waals surface area contributed by atoms with E-state index in [1.807, 2.05) is 55.4 Å². The zero-order valence-corrected chi connectivity index (χ0v) is 20.1. The Balaban J connectivity index is 1.71. The third-order valence-corrected chi connectivity index (χ3v) is 6.91. The van der Waals surface area contributed by atoms with E-state index < -0.39 is 11.4 Å². The van der Waals surface area contributed by atoms with Gasteiger partial charge in [0.2, 0.25) is 0 Å². The van der Waals surface area contributed by atoms with Crippen LogP contribution in [-0.4, -0.2) is 56.3 Å². The molecule has 1 amide bonds. The van der Waals surface area contributed by atoms with Crippen LogP contribution in [0.5, 0.6) is 17.2 Å². The normalized spacial score (nSPS) is 17.9. The van der Waals surface area contributed by atoms with Crippen molar-refractivity contribution in [3.63, 3.8) is 0 Å². The summed E-state index contributed by atoms with van der Waals surface area (Å²) in [6.45, 7) is 1.08. The highest BCUT2D eigenvalue weighted by Gasteiger charge is 2.37. The molecule has 0 saturated heterocycles. The number of amides is 1. The van der Waals surface area contributed by atoms with Crippen molar-refractivity contribution in [1.29, 1.82) is 0 Å². The van der Waals surface area contributed by atoms with Gasteiger partial charge >= 0.3 is 0 Å². The first kappa shape index (κ1) is 24.1. The Labute approximate surface area is 202 Å². The average molecular weight is 483 g/mol. The monoisotopic (exact) mass is 482 g/mol. The highest BCUT2D eigenvalue weighted by molar-refractivity contribution is 7.99. The van der Waals surface area contributed by atoms with E-state index in [1.54, 1.807) is 30.2 Å². The van der Waals surface area contributed by atoms with Crippen molar-refractivity contribution in [2.75, 3.05) is 39.2 Å². The maximum atomic E-state index is 13.4. The molecule has 1 N–H and O–H groups in total. The zero-order valence-electron chi connectivity index (χ0n) is 19.3. The smallest absolute Gasteiger partial charge is 0.257 e. The number of anilines is 1. The van der Waals surface area contributed by atoms with Crippen LogP contribution in [0, 0.1) is 5.82 Å². The Bertz CT molecular complexity index is 1140. The van der Waals surface area contributed by atoms with Gasteiger partial charge in [0.05, 0.1) is 18.0 Å². The van der Waals surface area contributed by atoms with Gasteiger partial charge in [-0.3, -0.25) is 4.79 Å². The van der Waals surface area contributed by atoms with E-state index in [-0.39, 0.29) is 11.7 Å². The first-order valence-corrected chi connectivity index (χ1v) is 11.8. The average Bonchev–Trinajstić information content (AvgIpc) is 2.93. The fourth-order valence-corrected chi connectivity index (χ4v) is 4.99. The van der Waals surface area contributed by atoms with Gasteiger partial charge in [-0.2, -0.15) is 0 Å². The number of aliphatic hydroxyl groups excluding tert-OH is 1. The van der Waals surface area contributed by atoms with Crippen molar-refractivity contribution in [1.82, 2.24) is 4.90 Å². The van der Waals surface area contributed by atoms with Crippen molar-refractivity contribution in [2.45, 2.75) is 16.2 Å². The number of fused-ring (bicyclic) bond motifs is 1. The first-order chi connectivity index (χ1) is 16.4. The number of aliphatic hydroxyl groups is 1. The first-order valence-electron chi connectivity index (χ1n) is 10.9. The third kappa shape index (κ3) is 5.35. The number of thioether (sulfide) groups is 1. The van der Waals surface area contributed by atoms with E-state index in [0.29, 0.717) is 30.3 Å². The molecule has 34 heavy (non-hydrogen) atoms. The summed E-state index contributed by atoms with van der Waals surface area (Å²) < 4.78 is 24.4. The summed E-state index contributed by atoms with van der Waals surface area (Å²) in [7, 11) is 5.47. The van der Waals surface area contributed by atoms with E-state index in [9.17, 15) is 14.3 Å². The van der Waals surface area contributed by atoms with Crippen LogP contribution in [0.25, 0.3) is 0 Å². The minimum atomic E-state index is -1.23. The maximum Gasteiger partial charge on any atom is 0.257 e. The molecule has 4 rings (SSSR count). The van der Waals surface area contributed by atoms with Gasteiger partial charge in [-0.05, 0) is 74.3 Å². The molecule has 0 unspecified atom stereocenters. The van der Waals surface area contributed by atoms with Crippen molar-refractivity contribution < 1.29 is 23.8 Å². The van der Waals surface area contributed by atoms with Gasteiger partial charge in [0, 0.05) is 18.0 Å². The molecule has 0 spiro atoms. The topological polar surface area (TPSA) is 62.2 Å². The Morgan fingerprint density at radius 3 is 2.29 bits per heavy atom. The number of carbonyl (C=O) groups is 1. The maximum absolute atomic E-state index is 13.4. The van der Waals surface area contributed by atoms with E-state index in [2.05, 4.69) is 0 Å². The quantitative estimate of drug-likeness (QED) is 0.526. The predicted molar refractivity (Wildman–Crippen MR) is 131 cm³/mol. The number of halogens is 1. The largest absolute Gasteiger partial charge is 0.497 e. The van der Waals surface area contributed by atoms with Crippen LogP contribution in [0.15, 0.2) is 71.6 Å². The van der Waals surface area contributed by atoms with Gasteiger partial charge in [-0.25, -0.2) is 4.39 Å². The van der Waals surface area contributed by atoms with E-state index >= 15 is 0 Å². The molecule has 6 nitrogen and oxygen atoms in total. The highest BCUT2D eigenvalue weighted by Crippen LogP contribution is 2.47. The molecule has 178 valence electrons. The molecule has 1 aliphatic heterocycles. The number of likely N-dealkylation sites (N-methyl/N-ethyl adjacent to an activating group) is 1. The molecule has 3 aromatic rings. The molecular weight excluding hydrogens is 455 g/mol. The molecule has 2 atom stereocenters. The van der Waals surface area contributed by atoms with Crippen LogP contribution in [0.3, 0.4) is 0 Å². The molecule has 0 aromatic heterocycles. The fourth-order valence-electron chi connectivity index (χ4n) is 3.70. The van der Waals surface area contributed by atoms with Crippen molar-refractivity contribution >= 4 is 23.4 Å². The van der Waals surface area contributed by atoms with Gasteiger partial charge in [0.1, 0.15) is 29.2 Å². The summed E-state index contributed by atoms with van der Waals surface area (Å²) in [5.41, 5.74) is 1.54. The Morgan fingerprint density at radius 2 is 1.65 bits per heavy atom. The number of benzene rings is 3. The predicted octanol–water partition coefficient (Wildman–Crippen LogP) is 4.73. The molecule has 0 aliphatic carbocycles. The molecular formula is C26H27FN2O4S. The Kier molecular flexibility index (Phi) is 7.41. The number of ether oxygens (including phenoxy) is 2. The molecule has 0 bridgehead atoms. The lowest BCUT2D eigenvalue weighted by molar-refractivity contribution is -0.126. The number of nitrogens with zero attached hydrogens (tertiary/aromatic N) is 2. The van der Waals surface area contributed by atoms with Crippen LogP contribution in [0.4, 0.5) is 10.1 Å². The minimum absolute atomic E-state index is 0.337. The second-order valence-electron chi connectivity index (χ2n) is 8.24. The summed E-state index contributed by atoms with van der Waals surface area (Å²) in [6.07, 6.45) is -1.23. The van der Waals surface area contributed by atoms with Gasteiger partial charge in [-0.15, -0.1) is 11.8 Å². The number of methoxy groups -OCH3 is 1. The lowest BCUT2D eigenvalue weighted by atomic mass is 10.1. The Morgan fingerprint density at radius 1 is 1.00 bits per heavy atom. The van der Waals surface area contributed by atoms with Crippen LogP contribution in [-0.2, 0) is 4.79 Å². The van der Waals surface area contributed by atoms with Gasteiger partial charge in [0.15, 0.2) is 0 Å². The molecule has 1 aliphatic rings. The highest BCUT2D eigenvalue weighted by atomic mass is 32.2. The summed E-state index contributed by atoms with van der Waals surface area (Å²) in [4.78, 5) is 17.8. The van der Waals surface area contributed by atoms with E-state index in [4.69, 9.17) is 9.47 Å². The van der Waals surface area contributed by atoms with Gasteiger partial charge in [-0.1, -0.05) is 12.1 Å². The Hall–Kier alpha value is -3.07. The van der Waals surface area contributed by atoms with Gasteiger partial charge in [0.25, 0.3) is 5.91 Å². The molecule has 8 heteroatoms. The molecule has 0 saturated carbocycles. The second-order valence-corrected chi connectivity index (χ2v) is 9.42. The van der Waals surface area contributed by atoms with Crippen LogP contribution in [0.2, 0.25) is 0 Å². The summed E-state index contributed by atoms with van der Waals surface area (Å²) in [6, 6.07) is 18.6. The summed E-state index contributed by atoms with van der Waals surface area (Å²) in [5.74, 6) is 1.08. The fraction of sp³-hybridized carbons (Fsp3) is 0.269. The van der Waals surface area contributed by atoms with Crippen LogP contribution in [0.1, 0.15) is 10.8 Å². The minimum Gasteiger partial charge on any atom is -0.497 e. The van der Waals surface area contributed by atoms with Crippen LogP contribution >= 0.6 is 11.8 Å². The molecule has 0 radical (unpaired) electrons. The lowest BCUT2D eigenvalue weighted by Gasteiger charge is -2.26. The van der Waals surface area contributed by atoms with Crippen molar-refractivity contribution in [3.8, 4) is 17.2 Å². The number of hydrogen-bond acceptors (Lipinski definition) is 6. The van der Waals surface area contributed by atoms with Crippen molar-refractivity contribution in [2.24, 2.45) is 0 Å². The number of rotatable bonds is 7. The molecule has 1 heterocycles. The van der Waals surface area contributed by atoms with Gasteiger partial charge < -0.3 is 24.4 Å². The van der Waals surface area contributed by atoms with Crippen molar-refractivity contribution in [3.05, 3.63) is 78.1 Å². The van der Waals surface area contributed by atoms with E-state index in [0.717, 1.165) is 16.1 Å². The molecule has 0 fully saturated rings. The summed E-state index contributed by atoms with van der Waals surface area (Å²) in [5, 5.41) is 10.6. The summed E-state index contributed by atoms with van der Waals surface area (Å²) >= 11 is 1.41. The second kappa shape index (κ2) is 10.5. The lowest BCUT2D eigenvalue weighted by Crippen LogP contribution is -2.43. The number of hydrogen-bond donors (Lipinski definition) is 1. The van der Waals surface area contributed by atoms with E-state index in [1.165, 1.54) is 23.9 Å². The standard InChI is InChI=1S/C26H27FN2O4S/c1-28(2)14-15-29-22-13-12-21(33-20-10-6-18(27)7-11-20)16-23(22)34-25(24(30)26(29)31)17-4-8-19(32-3)9-5-17/h4-13,16,24-25,30H,14-15H2,1-3H3/t24-,25+/m0/s1. The zero-order chi connectivity index (χ0) is 24.2. The third-order valence-electron chi connectivity index (χ3n) is 5.55. The van der Waals surface area contributed by atoms with Crippen LogP contribution < -0.4 is 14.4 Å².